The molecule has 0 saturated heterocycles. The fourth-order valence-corrected chi connectivity index (χ4v) is 3.39. The maximum atomic E-state index is 5.46. The van der Waals surface area contributed by atoms with Crippen molar-refractivity contribution in [2.24, 2.45) is 0 Å². The lowest BCUT2D eigenvalue weighted by molar-refractivity contribution is 0.843. The number of nitrogens with zero attached hydrogens (tertiary/aromatic N) is 2. The molecule has 1 aliphatic rings. The molecule has 0 amide bonds. The van der Waals surface area contributed by atoms with E-state index in [0.717, 1.165) is 17.9 Å². The number of hydrogen-bond acceptors (Lipinski definition) is 2. The van der Waals surface area contributed by atoms with Crippen LogP contribution in [0.25, 0.3) is 5.69 Å². The van der Waals surface area contributed by atoms with Gasteiger partial charge in [-0.3, -0.25) is 9.67 Å². The molecule has 1 fully saturated rings. The second-order valence-corrected chi connectivity index (χ2v) is 6.25. The Morgan fingerprint density at radius 3 is 2.55 bits per heavy atom. The molecule has 1 N–H and O–H groups in total. The van der Waals surface area contributed by atoms with E-state index in [1.54, 1.807) is 0 Å². The minimum Gasteiger partial charge on any atom is -0.272 e. The molecule has 1 aliphatic carbocycles. The van der Waals surface area contributed by atoms with Gasteiger partial charge in [0.2, 0.25) is 0 Å². The third-order valence-corrected chi connectivity index (χ3v) is 4.68. The van der Waals surface area contributed by atoms with E-state index in [1.165, 1.54) is 11.1 Å². The van der Waals surface area contributed by atoms with Crippen LogP contribution < -0.4 is 0 Å². The van der Waals surface area contributed by atoms with Crippen LogP contribution in [0.5, 0.6) is 0 Å². The first-order valence-corrected chi connectivity index (χ1v) is 7.95. The predicted molar refractivity (Wildman–Crippen MR) is 90.0 cm³/mol. The van der Waals surface area contributed by atoms with E-state index in [-0.39, 0.29) is 0 Å². The van der Waals surface area contributed by atoms with Crippen molar-refractivity contribution in [1.29, 1.82) is 0 Å². The second kappa shape index (κ2) is 5.21. The molecule has 0 spiro atoms. The van der Waals surface area contributed by atoms with Crippen LogP contribution in [0.2, 0.25) is 0 Å². The number of hydrogen-bond donors (Lipinski definition) is 1. The van der Waals surface area contributed by atoms with E-state index in [0.29, 0.717) is 16.6 Å². The summed E-state index contributed by atoms with van der Waals surface area (Å²) in [6.07, 6.45) is 1.13. The number of aromatic amines is 1. The average Bonchev–Trinajstić information content (AvgIpc) is 3.25. The largest absolute Gasteiger partial charge is 0.272 e. The first-order valence-electron chi connectivity index (χ1n) is 7.54. The molecule has 3 nitrogen and oxygen atoms in total. The first kappa shape index (κ1) is 13.5. The van der Waals surface area contributed by atoms with Crippen molar-refractivity contribution in [2.75, 3.05) is 0 Å². The van der Waals surface area contributed by atoms with E-state index >= 15 is 0 Å². The zero-order valence-electron chi connectivity index (χ0n) is 12.4. The van der Waals surface area contributed by atoms with Crippen LogP contribution in [0.3, 0.4) is 0 Å². The molecule has 1 saturated carbocycles. The fraction of sp³-hybridized carbons (Fsp3) is 0.222. The van der Waals surface area contributed by atoms with Crippen molar-refractivity contribution in [2.45, 2.75) is 25.2 Å². The maximum absolute atomic E-state index is 5.46. The Balaban J connectivity index is 1.74. The van der Waals surface area contributed by atoms with Crippen molar-refractivity contribution in [1.82, 2.24) is 14.8 Å². The first-order chi connectivity index (χ1) is 10.8. The lowest BCUT2D eigenvalue weighted by Gasteiger charge is -2.09. The summed E-state index contributed by atoms with van der Waals surface area (Å²) in [5.41, 5.74) is 3.71. The molecule has 110 valence electrons. The van der Waals surface area contributed by atoms with Gasteiger partial charge in [-0.05, 0) is 48.7 Å². The van der Waals surface area contributed by atoms with Crippen LogP contribution in [0.1, 0.15) is 35.2 Å². The summed E-state index contributed by atoms with van der Waals surface area (Å²) >= 11 is 5.46. The van der Waals surface area contributed by atoms with Crippen molar-refractivity contribution in [3.63, 3.8) is 0 Å². The normalized spacial score (nSPS) is 20.0. The van der Waals surface area contributed by atoms with Gasteiger partial charge in [-0.15, -0.1) is 0 Å². The monoisotopic (exact) mass is 307 g/mol. The highest BCUT2D eigenvalue weighted by molar-refractivity contribution is 7.71. The third-order valence-electron chi connectivity index (χ3n) is 4.40. The lowest BCUT2D eigenvalue weighted by Crippen LogP contribution is -2.02. The summed E-state index contributed by atoms with van der Waals surface area (Å²) in [4.78, 5) is 0. The topological polar surface area (TPSA) is 33.6 Å². The summed E-state index contributed by atoms with van der Waals surface area (Å²) in [6.45, 7) is 2.11. The molecule has 0 aliphatic heterocycles. The highest BCUT2D eigenvalue weighted by Crippen LogP contribution is 2.54. The number of aryl methyl sites for hydroxylation is 1. The minimum atomic E-state index is 0.440. The fourth-order valence-electron chi connectivity index (χ4n) is 3.15. The zero-order chi connectivity index (χ0) is 15.1. The van der Waals surface area contributed by atoms with E-state index in [9.17, 15) is 0 Å². The summed E-state index contributed by atoms with van der Waals surface area (Å²) < 4.78 is 2.76. The Bertz CT molecular complexity index is 863. The Morgan fingerprint density at radius 2 is 1.77 bits per heavy atom. The molecule has 2 atom stereocenters. The Morgan fingerprint density at radius 1 is 1.05 bits per heavy atom. The van der Waals surface area contributed by atoms with Gasteiger partial charge >= 0.3 is 0 Å². The third kappa shape index (κ3) is 2.20. The molecule has 0 radical (unpaired) electrons. The van der Waals surface area contributed by atoms with Gasteiger partial charge in [0.05, 0.1) is 5.69 Å². The van der Waals surface area contributed by atoms with Crippen LogP contribution in [-0.4, -0.2) is 14.8 Å². The summed E-state index contributed by atoms with van der Waals surface area (Å²) in [6, 6.07) is 19.0. The predicted octanol–water partition coefficient (Wildman–Crippen LogP) is 4.51. The molecule has 1 heterocycles. The Hall–Kier alpha value is -2.20. The molecule has 1 aromatic heterocycles. The van der Waals surface area contributed by atoms with Gasteiger partial charge < -0.3 is 0 Å². The van der Waals surface area contributed by atoms with Crippen LogP contribution in [0.4, 0.5) is 0 Å². The number of nitrogens with one attached hydrogen (secondary N) is 1. The molecule has 4 rings (SSSR count). The van der Waals surface area contributed by atoms with Crippen LogP contribution in [0, 0.1) is 11.7 Å². The molecule has 4 heteroatoms. The number of rotatable bonds is 3. The van der Waals surface area contributed by atoms with Crippen molar-refractivity contribution < 1.29 is 0 Å². The highest BCUT2D eigenvalue weighted by Gasteiger charge is 2.43. The van der Waals surface area contributed by atoms with Crippen molar-refractivity contribution >= 4 is 12.2 Å². The van der Waals surface area contributed by atoms with E-state index in [1.807, 2.05) is 12.1 Å². The van der Waals surface area contributed by atoms with Gasteiger partial charge in [0, 0.05) is 5.92 Å². The number of aromatic nitrogens is 3. The lowest BCUT2D eigenvalue weighted by atomic mass is 10.1. The molecular weight excluding hydrogens is 290 g/mol. The van der Waals surface area contributed by atoms with Gasteiger partial charge in [-0.25, -0.2) is 0 Å². The zero-order valence-corrected chi connectivity index (χ0v) is 13.2. The number of para-hydroxylation sites is 1. The van der Waals surface area contributed by atoms with Gasteiger partial charge in [0.15, 0.2) is 4.77 Å². The molecule has 0 bridgehead atoms. The van der Waals surface area contributed by atoms with E-state index < -0.39 is 0 Å². The van der Waals surface area contributed by atoms with Crippen molar-refractivity contribution in [3.05, 3.63) is 76.3 Å². The number of benzene rings is 2. The second-order valence-electron chi connectivity index (χ2n) is 5.87. The van der Waals surface area contributed by atoms with E-state index in [4.69, 9.17) is 12.2 Å². The quantitative estimate of drug-likeness (QED) is 0.722. The SMILES string of the molecule is Cc1ccccc1-n1c([C@H]2C[C@H]2c2ccccc2)n[nH]c1=S. The van der Waals surface area contributed by atoms with Crippen LogP contribution >= 0.6 is 12.2 Å². The smallest absolute Gasteiger partial charge is 0.199 e. The molecule has 0 unspecified atom stereocenters. The van der Waals surface area contributed by atoms with Crippen LogP contribution in [-0.2, 0) is 0 Å². The van der Waals surface area contributed by atoms with Gasteiger partial charge in [-0.1, -0.05) is 48.5 Å². The summed E-state index contributed by atoms with van der Waals surface area (Å²) in [5.74, 6) is 2.04. The standard InChI is InChI=1S/C18H17N3S/c1-12-7-5-6-10-16(12)21-17(19-20-18(21)22)15-11-14(15)13-8-3-2-4-9-13/h2-10,14-15H,11H2,1H3,(H,20,22)/t14-,15-/m0/s1. The van der Waals surface area contributed by atoms with Gasteiger partial charge in [0.1, 0.15) is 5.82 Å². The summed E-state index contributed by atoms with van der Waals surface area (Å²) in [5, 5.41) is 7.49. The Kier molecular flexibility index (Phi) is 3.19. The van der Waals surface area contributed by atoms with Gasteiger partial charge in [0.25, 0.3) is 0 Å². The molecular formula is C18H17N3S. The molecule has 2 aromatic carbocycles. The van der Waals surface area contributed by atoms with Crippen LogP contribution in [0.15, 0.2) is 54.6 Å². The number of H-pyrrole nitrogens is 1. The Labute approximate surface area is 134 Å². The summed E-state index contributed by atoms with van der Waals surface area (Å²) in [7, 11) is 0. The minimum absolute atomic E-state index is 0.440. The highest BCUT2D eigenvalue weighted by atomic mass is 32.1. The van der Waals surface area contributed by atoms with Crippen molar-refractivity contribution in [3.8, 4) is 5.69 Å². The van der Waals surface area contributed by atoms with E-state index in [2.05, 4.69) is 64.2 Å². The molecule has 22 heavy (non-hydrogen) atoms. The van der Waals surface area contributed by atoms with Gasteiger partial charge in [-0.2, -0.15) is 5.10 Å². The molecule has 3 aromatic rings. The average molecular weight is 307 g/mol. The maximum Gasteiger partial charge on any atom is 0.199 e.